The van der Waals surface area contributed by atoms with Gasteiger partial charge < -0.3 is 15.0 Å². The smallest absolute Gasteiger partial charge is 0.243 e. The predicted molar refractivity (Wildman–Crippen MR) is 118 cm³/mol. The van der Waals surface area contributed by atoms with Gasteiger partial charge in [0, 0.05) is 25.7 Å². The number of nitrogens with zero attached hydrogens (tertiary/aromatic N) is 1. The topological polar surface area (TPSA) is 70.7 Å². The van der Waals surface area contributed by atoms with Gasteiger partial charge in [-0.3, -0.25) is 14.9 Å². The van der Waals surface area contributed by atoms with Gasteiger partial charge in [0.05, 0.1) is 12.6 Å². The number of amides is 2. The lowest BCUT2D eigenvalue weighted by molar-refractivity contribution is -0.134. The van der Waals surface area contributed by atoms with Crippen LogP contribution in [0.25, 0.3) is 0 Å². The molecule has 0 saturated carbocycles. The molecular weight excluding hydrogens is 397 g/mol. The van der Waals surface area contributed by atoms with Gasteiger partial charge in [0.15, 0.2) is 0 Å². The van der Waals surface area contributed by atoms with Gasteiger partial charge in [0.2, 0.25) is 11.8 Å². The van der Waals surface area contributed by atoms with Gasteiger partial charge >= 0.3 is 0 Å². The molecule has 0 aromatic heterocycles. The largest absolute Gasteiger partial charge is 0.354 e. The van der Waals surface area contributed by atoms with Gasteiger partial charge in [-0.15, -0.1) is 0 Å². The van der Waals surface area contributed by atoms with Gasteiger partial charge in [-0.1, -0.05) is 29.8 Å². The standard InChI is InChI=1S/C24H30FN3O3/c1-15-11-16(2)24(17(3)12-15)27-21(29)14-28(4)23(30)10-9-22-26-13-20(31-22)18-5-7-19(25)8-6-18/h5-8,11-12,20,22,26H,9-10,13-14H2,1-4H3,(H,27,29). The van der Waals surface area contributed by atoms with Crippen LogP contribution in [-0.4, -0.2) is 43.1 Å². The molecule has 6 nitrogen and oxygen atoms in total. The fourth-order valence-electron chi connectivity index (χ4n) is 3.88. The van der Waals surface area contributed by atoms with Crippen molar-refractivity contribution in [1.29, 1.82) is 0 Å². The summed E-state index contributed by atoms with van der Waals surface area (Å²) in [6.45, 7) is 6.53. The highest BCUT2D eigenvalue weighted by atomic mass is 19.1. The van der Waals surface area contributed by atoms with Crippen molar-refractivity contribution in [3.8, 4) is 0 Å². The van der Waals surface area contributed by atoms with Gasteiger partial charge in [-0.05, 0) is 56.0 Å². The molecule has 0 radical (unpaired) electrons. The molecule has 0 bridgehead atoms. The van der Waals surface area contributed by atoms with E-state index in [0.717, 1.165) is 27.9 Å². The SMILES string of the molecule is Cc1cc(C)c(NC(=O)CN(C)C(=O)CCC2NCC(c3ccc(F)cc3)O2)c(C)c1. The van der Waals surface area contributed by atoms with E-state index in [-0.39, 0.29) is 42.9 Å². The van der Waals surface area contributed by atoms with Gasteiger partial charge in [0.1, 0.15) is 12.0 Å². The van der Waals surface area contributed by atoms with E-state index in [1.165, 1.54) is 17.0 Å². The number of carbonyl (C=O) groups excluding carboxylic acids is 2. The summed E-state index contributed by atoms with van der Waals surface area (Å²) in [5.74, 6) is -0.628. The van der Waals surface area contributed by atoms with Crippen molar-refractivity contribution < 1.29 is 18.7 Å². The number of hydrogen-bond acceptors (Lipinski definition) is 4. The molecular formula is C24H30FN3O3. The third kappa shape index (κ3) is 6.12. The minimum absolute atomic E-state index is 0.0112. The van der Waals surface area contributed by atoms with E-state index in [2.05, 4.69) is 10.6 Å². The van der Waals surface area contributed by atoms with Crippen molar-refractivity contribution in [2.24, 2.45) is 0 Å². The average Bonchev–Trinajstić information content (AvgIpc) is 3.18. The first-order valence-corrected chi connectivity index (χ1v) is 10.5. The van der Waals surface area contributed by atoms with Crippen LogP contribution in [0.3, 0.4) is 0 Å². The van der Waals surface area contributed by atoms with Crippen molar-refractivity contribution in [3.63, 3.8) is 0 Å². The molecule has 0 aliphatic carbocycles. The summed E-state index contributed by atoms with van der Waals surface area (Å²) in [5, 5.41) is 6.16. The Kier molecular flexibility index (Phi) is 7.41. The predicted octanol–water partition coefficient (Wildman–Crippen LogP) is 3.62. The number of carbonyl (C=O) groups is 2. The van der Waals surface area contributed by atoms with E-state index in [1.54, 1.807) is 19.2 Å². The molecule has 1 fully saturated rings. The van der Waals surface area contributed by atoms with Crippen molar-refractivity contribution in [1.82, 2.24) is 10.2 Å². The summed E-state index contributed by atoms with van der Waals surface area (Å²) >= 11 is 0. The highest BCUT2D eigenvalue weighted by molar-refractivity contribution is 5.95. The molecule has 2 N–H and O–H groups in total. The van der Waals surface area contributed by atoms with Crippen LogP contribution in [0.5, 0.6) is 0 Å². The zero-order chi connectivity index (χ0) is 22.5. The number of ether oxygens (including phenoxy) is 1. The Morgan fingerprint density at radius 2 is 1.81 bits per heavy atom. The van der Waals surface area contributed by atoms with Crippen molar-refractivity contribution in [2.45, 2.75) is 45.9 Å². The van der Waals surface area contributed by atoms with Crippen LogP contribution in [0.2, 0.25) is 0 Å². The number of aryl methyl sites for hydroxylation is 3. The quantitative estimate of drug-likeness (QED) is 0.708. The number of nitrogens with one attached hydrogen (secondary N) is 2. The average molecular weight is 428 g/mol. The first-order chi connectivity index (χ1) is 14.7. The lowest BCUT2D eigenvalue weighted by atomic mass is 10.1. The van der Waals surface area contributed by atoms with E-state index in [4.69, 9.17) is 4.74 Å². The molecule has 7 heteroatoms. The van der Waals surface area contributed by atoms with Gasteiger partial charge in [-0.25, -0.2) is 4.39 Å². The zero-order valence-electron chi connectivity index (χ0n) is 18.5. The maximum atomic E-state index is 13.1. The van der Waals surface area contributed by atoms with Crippen LogP contribution < -0.4 is 10.6 Å². The second-order valence-electron chi connectivity index (χ2n) is 8.18. The summed E-state index contributed by atoms with van der Waals surface area (Å²) < 4.78 is 19.0. The lowest BCUT2D eigenvalue weighted by Crippen LogP contribution is -2.36. The van der Waals surface area contributed by atoms with Crippen molar-refractivity contribution in [2.75, 3.05) is 25.5 Å². The first kappa shape index (κ1) is 22.9. The second-order valence-corrected chi connectivity index (χ2v) is 8.18. The number of hydrogen-bond donors (Lipinski definition) is 2. The minimum atomic E-state index is -0.281. The molecule has 2 unspecified atom stereocenters. The number of benzene rings is 2. The molecule has 0 spiro atoms. The van der Waals surface area contributed by atoms with Crippen LogP contribution in [0.1, 0.15) is 41.2 Å². The van der Waals surface area contributed by atoms with Crippen LogP contribution in [-0.2, 0) is 14.3 Å². The van der Waals surface area contributed by atoms with E-state index >= 15 is 0 Å². The van der Waals surface area contributed by atoms with Crippen LogP contribution in [0.4, 0.5) is 10.1 Å². The Morgan fingerprint density at radius 1 is 1.16 bits per heavy atom. The molecule has 1 aliphatic heterocycles. The summed E-state index contributed by atoms with van der Waals surface area (Å²) in [7, 11) is 1.63. The fraction of sp³-hybridized carbons (Fsp3) is 0.417. The highest BCUT2D eigenvalue weighted by Gasteiger charge is 2.26. The summed E-state index contributed by atoms with van der Waals surface area (Å²) in [4.78, 5) is 26.3. The minimum Gasteiger partial charge on any atom is -0.354 e. The fourth-order valence-corrected chi connectivity index (χ4v) is 3.88. The maximum absolute atomic E-state index is 13.1. The van der Waals surface area contributed by atoms with Gasteiger partial charge in [-0.2, -0.15) is 0 Å². The Morgan fingerprint density at radius 3 is 2.45 bits per heavy atom. The normalized spacial score (nSPS) is 18.1. The number of anilines is 1. The van der Waals surface area contributed by atoms with Crippen LogP contribution in [0.15, 0.2) is 36.4 Å². The zero-order valence-corrected chi connectivity index (χ0v) is 18.5. The molecule has 31 heavy (non-hydrogen) atoms. The Bertz CT molecular complexity index is 923. The Labute approximate surface area is 182 Å². The van der Waals surface area contributed by atoms with E-state index in [0.29, 0.717) is 13.0 Å². The lowest BCUT2D eigenvalue weighted by Gasteiger charge is -2.19. The van der Waals surface area contributed by atoms with Crippen LogP contribution in [0, 0.1) is 26.6 Å². The van der Waals surface area contributed by atoms with Crippen molar-refractivity contribution in [3.05, 3.63) is 64.5 Å². The molecule has 2 aromatic rings. The van der Waals surface area contributed by atoms with E-state index in [1.807, 2.05) is 32.9 Å². The molecule has 1 saturated heterocycles. The summed E-state index contributed by atoms with van der Waals surface area (Å²) in [6, 6.07) is 10.3. The van der Waals surface area contributed by atoms with Crippen LogP contribution >= 0.6 is 0 Å². The Hall–Kier alpha value is -2.77. The first-order valence-electron chi connectivity index (χ1n) is 10.5. The molecule has 1 aliphatic rings. The molecule has 1 heterocycles. The third-order valence-corrected chi connectivity index (χ3v) is 5.47. The number of halogens is 1. The second kappa shape index (κ2) is 10.0. The summed E-state index contributed by atoms with van der Waals surface area (Å²) in [5.41, 5.74) is 4.84. The highest BCUT2D eigenvalue weighted by Crippen LogP contribution is 2.25. The maximum Gasteiger partial charge on any atom is 0.243 e. The Balaban J connectivity index is 1.44. The number of likely N-dealkylation sites (N-methyl/N-ethyl adjacent to an activating group) is 1. The molecule has 2 aromatic carbocycles. The third-order valence-electron chi connectivity index (χ3n) is 5.47. The van der Waals surface area contributed by atoms with E-state index in [9.17, 15) is 14.0 Å². The van der Waals surface area contributed by atoms with Gasteiger partial charge in [0.25, 0.3) is 0 Å². The van der Waals surface area contributed by atoms with Crippen molar-refractivity contribution >= 4 is 17.5 Å². The summed E-state index contributed by atoms with van der Waals surface area (Å²) in [6.07, 6.45) is 0.350. The number of rotatable bonds is 7. The molecule has 2 atom stereocenters. The van der Waals surface area contributed by atoms with E-state index < -0.39 is 0 Å². The molecule has 2 amide bonds. The monoisotopic (exact) mass is 427 g/mol. The molecule has 3 rings (SSSR count). The molecule has 166 valence electrons.